The Morgan fingerprint density at radius 2 is 1.96 bits per heavy atom. The number of aliphatic hydroxyl groups is 1. The summed E-state index contributed by atoms with van der Waals surface area (Å²) in [6, 6.07) is 4.19. The minimum absolute atomic E-state index is 0.00729. The van der Waals surface area contributed by atoms with Crippen LogP contribution in [0.4, 0.5) is 0 Å². The van der Waals surface area contributed by atoms with Crippen LogP contribution in [-0.2, 0) is 14.3 Å². The number of ether oxygens (including phenoxy) is 2. The molecular formula is C17H14O7. The highest BCUT2D eigenvalue weighted by molar-refractivity contribution is 6.28. The first-order chi connectivity index (χ1) is 11.3. The van der Waals surface area contributed by atoms with Gasteiger partial charge >= 0.3 is 0 Å². The van der Waals surface area contributed by atoms with E-state index in [1.807, 2.05) is 0 Å². The lowest BCUT2D eigenvalue weighted by Crippen LogP contribution is -2.53. The zero-order valence-corrected chi connectivity index (χ0v) is 12.9. The van der Waals surface area contributed by atoms with Gasteiger partial charge in [0, 0.05) is 5.56 Å². The summed E-state index contributed by atoms with van der Waals surface area (Å²) in [6.07, 6.45) is -3.05. The molecule has 7 nitrogen and oxygen atoms in total. The summed E-state index contributed by atoms with van der Waals surface area (Å²) in [7, 11) is 0. The van der Waals surface area contributed by atoms with Crippen LogP contribution < -0.4 is 0 Å². The number of hydrogen-bond donors (Lipinski definition) is 2. The lowest BCUT2D eigenvalue weighted by atomic mass is 9.83. The van der Waals surface area contributed by atoms with E-state index >= 15 is 0 Å². The zero-order valence-electron chi connectivity index (χ0n) is 12.9. The minimum atomic E-state index is -1.95. The molecule has 0 saturated carbocycles. The van der Waals surface area contributed by atoms with Crippen LogP contribution in [0.2, 0.25) is 0 Å². The van der Waals surface area contributed by atoms with Gasteiger partial charge in [-0.15, -0.1) is 0 Å². The summed E-state index contributed by atoms with van der Waals surface area (Å²) < 4.78 is 11.1. The van der Waals surface area contributed by atoms with Crippen molar-refractivity contribution >= 4 is 17.3 Å². The van der Waals surface area contributed by atoms with E-state index in [1.165, 1.54) is 32.0 Å². The normalized spacial score (nSPS) is 33.9. The number of rotatable bonds is 1. The number of carbonyl (C=O) groups excluding carboxylic acids is 3. The largest absolute Gasteiger partial charge is 0.507 e. The molecule has 1 aromatic rings. The third kappa shape index (κ3) is 1.55. The van der Waals surface area contributed by atoms with E-state index < -0.39 is 41.3 Å². The standard InChI is InChI=1S/C17H14O7/c1-6(18)17(22)7(2)23-15-11-12(20)8-4-3-5-9(19)10(8)13(21)14(11)24-16(15)17/h3-5,7,15-16,19,22H,1-2H3. The van der Waals surface area contributed by atoms with Crippen LogP contribution in [0, 0.1) is 0 Å². The second-order valence-electron chi connectivity index (χ2n) is 6.22. The Balaban J connectivity index is 1.86. The first-order valence-corrected chi connectivity index (χ1v) is 7.49. The number of Topliss-reactive ketones (excluding diaryl/α,β-unsaturated/α-hetero) is 3. The number of aromatic hydroxyl groups is 1. The quantitative estimate of drug-likeness (QED) is 0.773. The Kier molecular flexibility index (Phi) is 2.83. The summed E-state index contributed by atoms with van der Waals surface area (Å²) in [5.74, 6) is -2.33. The predicted molar refractivity (Wildman–Crippen MR) is 78.6 cm³/mol. The topological polar surface area (TPSA) is 110 Å². The van der Waals surface area contributed by atoms with E-state index in [9.17, 15) is 24.6 Å². The van der Waals surface area contributed by atoms with E-state index in [-0.39, 0.29) is 28.2 Å². The van der Waals surface area contributed by atoms with Gasteiger partial charge in [-0.1, -0.05) is 12.1 Å². The fourth-order valence-corrected chi connectivity index (χ4v) is 3.67. The maximum atomic E-state index is 12.8. The van der Waals surface area contributed by atoms with Gasteiger partial charge in [-0.25, -0.2) is 0 Å². The Bertz CT molecular complexity index is 852. The molecule has 4 atom stereocenters. The molecule has 1 aliphatic carbocycles. The highest BCUT2D eigenvalue weighted by atomic mass is 16.6. The summed E-state index contributed by atoms with van der Waals surface area (Å²) in [5, 5.41) is 20.6. The molecule has 4 rings (SSSR count). The Hall–Kier alpha value is -2.51. The van der Waals surface area contributed by atoms with Gasteiger partial charge in [-0.05, 0) is 19.9 Å². The minimum Gasteiger partial charge on any atom is -0.507 e. The van der Waals surface area contributed by atoms with E-state index in [4.69, 9.17) is 9.47 Å². The second kappa shape index (κ2) is 4.52. The maximum absolute atomic E-state index is 12.8. The molecule has 24 heavy (non-hydrogen) atoms. The summed E-state index contributed by atoms with van der Waals surface area (Å²) in [4.78, 5) is 37.3. The van der Waals surface area contributed by atoms with Crippen molar-refractivity contribution in [3.63, 3.8) is 0 Å². The molecule has 0 aromatic heterocycles. The van der Waals surface area contributed by atoms with Gasteiger partial charge in [0.1, 0.15) is 11.9 Å². The van der Waals surface area contributed by atoms with Crippen LogP contribution in [0.5, 0.6) is 5.75 Å². The molecule has 2 heterocycles. The Morgan fingerprint density at radius 1 is 1.25 bits per heavy atom. The first-order valence-electron chi connectivity index (χ1n) is 7.49. The van der Waals surface area contributed by atoms with Crippen molar-refractivity contribution in [1.82, 2.24) is 0 Å². The number of carbonyl (C=O) groups is 3. The number of benzene rings is 1. The van der Waals surface area contributed by atoms with Crippen molar-refractivity contribution < 1.29 is 34.1 Å². The average Bonchev–Trinajstić information content (AvgIpc) is 3.01. The summed E-state index contributed by atoms with van der Waals surface area (Å²) in [6.45, 7) is 2.71. The van der Waals surface area contributed by atoms with Crippen LogP contribution in [0.15, 0.2) is 29.5 Å². The monoisotopic (exact) mass is 330 g/mol. The first kappa shape index (κ1) is 15.0. The molecule has 0 bridgehead atoms. The van der Waals surface area contributed by atoms with E-state index in [0.29, 0.717) is 0 Å². The Labute approximate surface area is 136 Å². The second-order valence-corrected chi connectivity index (χ2v) is 6.22. The van der Waals surface area contributed by atoms with Gasteiger partial charge in [-0.2, -0.15) is 0 Å². The molecule has 3 aliphatic rings. The predicted octanol–water partition coefficient (Wildman–Crippen LogP) is 0.531. The van der Waals surface area contributed by atoms with Crippen molar-refractivity contribution in [3.8, 4) is 5.75 Å². The fraction of sp³-hybridized carbons (Fsp3) is 0.353. The number of ketones is 3. The van der Waals surface area contributed by atoms with E-state index in [2.05, 4.69) is 0 Å². The van der Waals surface area contributed by atoms with Gasteiger partial charge < -0.3 is 19.7 Å². The van der Waals surface area contributed by atoms with E-state index in [0.717, 1.165) is 0 Å². The van der Waals surface area contributed by atoms with Crippen LogP contribution in [0.25, 0.3) is 0 Å². The molecular weight excluding hydrogens is 316 g/mol. The smallest absolute Gasteiger partial charge is 0.232 e. The molecule has 0 spiro atoms. The third-order valence-electron chi connectivity index (χ3n) is 4.98. The molecule has 7 heteroatoms. The zero-order chi connectivity index (χ0) is 17.4. The van der Waals surface area contributed by atoms with Crippen molar-refractivity contribution in [3.05, 3.63) is 40.7 Å². The van der Waals surface area contributed by atoms with Crippen LogP contribution >= 0.6 is 0 Å². The van der Waals surface area contributed by atoms with Crippen molar-refractivity contribution in [1.29, 1.82) is 0 Å². The molecule has 0 radical (unpaired) electrons. The van der Waals surface area contributed by atoms with Gasteiger partial charge in [0.15, 0.2) is 29.0 Å². The van der Waals surface area contributed by atoms with Gasteiger partial charge in [0.25, 0.3) is 0 Å². The molecule has 124 valence electrons. The lowest BCUT2D eigenvalue weighted by molar-refractivity contribution is -0.149. The van der Waals surface area contributed by atoms with Gasteiger partial charge in [0.2, 0.25) is 5.78 Å². The highest BCUT2D eigenvalue weighted by Gasteiger charge is 2.65. The molecule has 2 aliphatic heterocycles. The van der Waals surface area contributed by atoms with Crippen molar-refractivity contribution in [2.75, 3.05) is 0 Å². The number of phenolic OH excluding ortho intramolecular Hbond substituents is 1. The van der Waals surface area contributed by atoms with Crippen LogP contribution in [0.1, 0.15) is 34.6 Å². The molecule has 4 unspecified atom stereocenters. The number of hydrogen-bond acceptors (Lipinski definition) is 7. The SMILES string of the molecule is CC(=O)C1(O)C(C)OC2C3=C(OC21)C(=O)c1c(O)cccc1C3=O. The third-order valence-corrected chi connectivity index (χ3v) is 4.98. The summed E-state index contributed by atoms with van der Waals surface area (Å²) >= 11 is 0. The lowest BCUT2D eigenvalue weighted by Gasteiger charge is -2.28. The molecule has 1 saturated heterocycles. The number of fused-ring (bicyclic) bond motifs is 3. The Morgan fingerprint density at radius 3 is 2.62 bits per heavy atom. The highest BCUT2D eigenvalue weighted by Crippen LogP contribution is 2.47. The van der Waals surface area contributed by atoms with Crippen molar-refractivity contribution in [2.45, 2.75) is 37.8 Å². The molecule has 1 fully saturated rings. The molecule has 2 N–H and O–H groups in total. The van der Waals surface area contributed by atoms with Crippen LogP contribution in [0.3, 0.4) is 0 Å². The molecule has 1 aromatic carbocycles. The van der Waals surface area contributed by atoms with E-state index in [1.54, 1.807) is 0 Å². The van der Waals surface area contributed by atoms with Gasteiger partial charge in [-0.3, -0.25) is 14.4 Å². The fourth-order valence-electron chi connectivity index (χ4n) is 3.67. The average molecular weight is 330 g/mol. The summed E-state index contributed by atoms with van der Waals surface area (Å²) in [5.41, 5.74) is -2.04. The number of allylic oxidation sites excluding steroid dienone is 1. The maximum Gasteiger partial charge on any atom is 0.232 e. The molecule has 0 amide bonds. The number of phenols is 1. The van der Waals surface area contributed by atoms with Crippen LogP contribution in [-0.4, -0.2) is 51.5 Å². The van der Waals surface area contributed by atoms with Gasteiger partial charge in [0.05, 0.1) is 17.2 Å². The van der Waals surface area contributed by atoms with Crippen molar-refractivity contribution in [2.24, 2.45) is 0 Å².